The van der Waals surface area contributed by atoms with Gasteiger partial charge in [0.1, 0.15) is 0 Å². The number of anilines is 3. The van der Waals surface area contributed by atoms with Crippen molar-refractivity contribution >= 4 is 60.5 Å². The number of nitrogens with zero attached hydrogens (tertiary/aromatic N) is 4. The Morgan fingerprint density at radius 1 is 0.333 bits per heavy atom. The molecular weight excluding hydrogens is 801 g/mol. The van der Waals surface area contributed by atoms with E-state index < -0.39 is 5.41 Å². The second-order valence-electron chi connectivity index (χ2n) is 17.5. The van der Waals surface area contributed by atoms with E-state index in [9.17, 15) is 0 Å². The van der Waals surface area contributed by atoms with E-state index in [1.165, 1.54) is 38.8 Å². The average Bonchev–Trinajstić information content (AvgIpc) is 3.69. The highest BCUT2D eigenvalue weighted by Crippen LogP contribution is 2.64. The molecule has 1 spiro atoms. The van der Waals surface area contributed by atoms with Crippen LogP contribution in [0.4, 0.5) is 17.1 Å². The fourth-order valence-electron chi connectivity index (χ4n) is 11.1. The Morgan fingerprint density at radius 3 is 1.56 bits per heavy atom. The molecule has 12 aromatic rings. The van der Waals surface area contributed by atoms with Gasteiger partial charge in [-0.05, 0) is 87.3 Å². The number of hydrogen-bond acceptors (Lipinski definition) is 4. The maximum atomic E-state index is 5.49. The van der Waals surface area contributed by atoms with Crippen LogP contribution in [0.15, 0.2) is 231 Å². The largest absolute Gasteiger partial charge is 0.310 e. The first-order chi connectivity index (χ1) is 32.7. The summed E-state index contributed by atoms with van der Waals surface area (Å²) in [5, 5.41) is 5.55. The van der Waals surface area contributed by atoms with Crippen LogP contribution < -0.4 is 4.90 Å². The zero-order chi connectivity index (χ0) is 43.3. The zero-order valence-electron chi connectivity index (χ0n) is 35.7. The minimum Gasteiger partial charge on any atom is -0.310 e. The maximum absolute atomic E-state index is 5.49. The molecule has 0 amide bonds. The van der Waals surface area contributed by atoms with E-state index in [1.54, 1.807) is 0 Å². The third-order valence-electron chi connectivity index (χ3n) is 14.0. The highest BCUT2D eigenvalue weighted by Gasteiger charge is 2.52. The fourth-order valence-corrected chi connectivity index (χ4v) is 11.1. The number of aromatic nitrogens is 3. The van der Waals surface area contributed by atoms with Gasteiger partial charge in [0.15, 0.2) is 0 Å². The Morgan fingerprint density at radius 2 is 0.879 bits per heavy atom. The highest BCUT2D eigenvalue weighted by molar-refractivity contribution is 6.14. The molecule has 4 heteroatoms. The molecule has 0 fully saturated rings. The lowest BCUT2D eigenvalue weighted by Gasteiger charge is -2.45. The fraction of sp³-hybridized carbons (Fsp3) is 0.0161. The Hall–Kier alpha value is -8.73. The summed E-state index contributed by atoms with van der Waals surface area (Å²) in [6, 6.07) is 83.4. The van der Waals surface area contributed by atoms with Gasteiger partial charge in [-0.1, -0.05) is 182 Å². The molecular formula is C62H38N4. The predicted octanol–water partition coefficient (Wildman–Crippen LogP) is 15.6. The van der Waals surface area contributed by atoms with E-state index in [2.05, 4.69) is 229 Å². The minimum atomic E-state index is -0.641. The molecule has 3 aromatic heterocycles. The topological polar surface area (TPSA) is 41.9 Å². The molecule has 0 atom stereocenters. The number of fused-ring (bicyclic) bond motifs is 15. The van der Waals surface area contributed by atoms with Crippen molar-refractivity contribution in [1.82, 2.24) is 15.0 Å². The van der Waals surface area contributed by atoms with Crippen LogP contribution in [0, 0.1) is 0 Å². The molecule has 0 bridgehead atoms. The van der Waals surface area contributed by atoms with Gasteiger partial charge >= 0.3 is 0 Å². The van der Waals surface area contributed by atoms with Gasteiger partial charge in [-0.25, -0.2) is 15.0 Å². The number of rotatable bonds is 4. The van der Waals surface area contributed by atoms with Gasteiger partial charge in [0.2, 0.25) is 0 Å². The van der Waals surface area contributed by atoms with E-state index >= 15 is 0 Å². The maximum Gasteiger partial charge on any atom is 0.0972 e. The first-order valence-electron chi connectivity index (χ1n) is 22.6. The standard InChI is InChI=1S/C62H38N4/c1-4-16-39(17-5-1)54-34-31-41-28-29-42-32-35-55(64-61(42)60(41)63-54)43-30-33-52-57(36-43)66(44-20-8-3-9-21-44)58-38-49-48(47-24-12-15-27-56(47)65-59(49)40-18-6-2-7-19-40)37-53(58)62(52)50-25-13-10-22-45(50)46-23-11-14-26-51(46)62/h1-38H. The van der Waals surface area contributed by atoms with E-state index in [0.29, 0.717) is 0 Å². The zero-order valence-corrected chi connectivity index (χ0v) is 35.7. The normalized spacial score (nSPS) is 13.2. The monoisotopic (exact) mass is 838 g/mol. The van der Waals surface area contributed by atoms with Crippen LogP contribution in [0.25, 0.3) is 88.4 Å². The predicted molar refractivity (Wildman–Crippen MR) is 272 cm³/mol. The first-order valence-corrected chi connectivity index (χ1v) is 22.6. The molecule has 0 N–H and O–H groups in total. The van der Waals surface area contributed by atoms with Gasteiger partial charge in [-0.15, -0.1) is 0 Å². The van der Waals surface area contributed by atoms with Gasteiger partial charge in [0.25, 0.3) is 0 Å². The second kappa shape index (κ2) is 14.1. The van der Waals surface area contributed by atoms with Crippen LogP contribution in [0.1, 0.15) is 22.3 Å². The number of pyridine rings is 3. The Bertz CT molecular complexity index is 3890. The van der Waals surface area contributed by atoms with Crippen molar-refractivity contribution in [1.29, 1.82) is 0 Å². The molecule has 0 saturated heterocycles. The van der Waals surface area contributed by atoms with Crippen LogP contribution >= 0.6 is 0 Å². The van der Waals surface area contributed by atoms with Gasteiger partial charge in [-0.2, -0.15) is 0 Å². The summed E-state index contributed by atoms with van der Waals surface area (Å²) in [4.78, 5) is 18.6. The third-order valence-corrected chi connectivity index (χ3v) is 14.0. The Labute approximate surface area is 381 Å². The van der Waals surface area contributed by atoms with Crippen LogP contribution in [0.2, 0.25) is 0 Å². The van der Waals surface area contributed by atoms with Gasteiger partial charge in [0, 0.05) is 43.9 Å². The molecule has 14 rings (SSSR count). The molecule has 4 heterocycles. The van der Waals surface area contributed by atoms with E-state index in [1.807, 2.05) is 6.07 Å². The van der Waals surface area contributed by atoms with E-state index in [4.69, 9.17) is 15.0 Å². The summed E-state index contributed by atoms with van der Waals surface area (Å²) in [6.07, 6.45) is 0. The quantitative estimate of drug-likeness (QED) is 0.166. The van der Waals surface area contributed by atoms with Crippen LogP contribution in [0.5, 0.6) is 0 Å². The summed E-state index contributed by atoms with van der Waals surface area (Å²) in [5.41, 5.74) is 19.0. The lowest BCUT2D eigenvalue weighted by Crippen LogP contribution is -2.36. The van der Waals surface area contributed by atoms with Crippen LogP contribution in [-0.4, -0.2) is 15.0 Å². The smallest absolute Gasteiger partial charge is 0.0972 e. The third kappa shape index (κ3) is 5.24. The molecule has 0 radical (unpaired) electrons. The molecule has 4 nitrogen and oxygen atoms in total. The van der Waals surface area contributed by atoms with Gasteiger partial charge in [-0.3, -0.25) is 0 Å². The molecule has 2 aliphatic rings. The second-order valence-corrected chi connectivity index (χ2v) is 17.5. The number of benzene rings is 9. The molecule has 1 aliphatic carbocycles. The molecule has 306 valence electrons. The summed E-state index contributed by atoms with van der Waals surface area (Å²) in [7, 11) is 0. The average molecular weight is 839 g/mol. The molecule has 0 saturated carbocycles. The highest BCUT2D eigenvalue weighted by atomic mass is 15.2. The van der Waals surface area contributed by atoms with Gasteiger partial charge in [0.05, 0.1) is 50.4 Å². The van der Waals surface area contributed by atoms with Crippen molar-refractivity contribution in [2.45, 2.75) is 5.41 Å². The summed E-state index contributed by atoms with van der Waals surface area (Å²) in [5.74, 6) is 0. The lowest BCUT2D eigenvalue weighted by molar-refractivity contribution is 0.754. The minimum absolute atomic E-state index is 0.641. The Balaban J connectivity index is 1.09. The van der Waals surface area contributed by atoms with Crippen molar-refractivity contribution < 1.29 is 0 Å². The first kappa shape index (κ1) is 36.7. The van der Waals surface area contributed by atoms with Crippen molar-refractivity contribution in [3.63, 3.8) is 0 Å². The molecule has 9 aromatic carbocycles. The van der Waals surface area contributed by atoms with Crippen molar-refractivity contribution in [3.05, 3.63) is 253 Å². The van der Waals surface area contributed by atoms with Crippen molar-refractivity contribution in [2.24, 2.45) is 0 Å². The summed E-state index contributed by atoms with van der Waals surface area (Å²) >= 11 is 0. The number of para-hydroxylation sites is 2. The molecule has 66 heavy (non-hydrogen) atoms. The number of hydrogen-bond donors (Lipinski definition) is 0. The molecule has 1 aliphatic heterocycles. The molecule has 0 unspecified atom stereocenters. The van der Waals surface area contributed by atoms with Crippen molar-refractivity contribution in [2.75, 3.05) is 4.90 Å². The van der Waals surface area contributed by atoms with E-state index in [0.717, 1.165) is 88.9 Å². The summed E-state index contributed by atoms with van der Waals surface area (Å²) in [6.45, 7) is 0. The van der Waals surface area contributed by atoms with Gasteiger partial charge < -0.3 is 4.90 Å². The van der Waals surface area contributed by atoms with Crippen LogP contribution in [0.3, 0.4) is 0 Å². The summed E-state index contributed by atoms with van der Waals surface area (Å²) < 4.78 is 0. The van der Waals surface area contributed by atoms with Crippen LogP contribution in [-0.2, 0) is 5.41 Å². The van der Waals surface area contributed by atoms with Crippen molar-refractivity contribution in [3.8, 4) is 44.9 Å². The lowest BCUT2D eigenvalue weighted by atomic mass is 9.64. The Kier molecular flexibility index (Phi) is 7.87. The van der Waals surface area contributed by atoms with E-state index in [-0.39, 0.29) is 0 Å². The SMILES string of the molecule is c1ccc(-c2ccc3ccc4ccc(-c5ccc6c(c5)N(c5ccccc5)c5cc7c(-c8ccccc8)nc8ccccc8c7cc5C65c6ccccc6-c6ccccc65)nc4c3n2)cc1.